The van der Waals surface area contributed by atoms with E-state index < -0.39 is 0 Å². The molecule has 1 aliphatic heterocycles. The minimum Gasteiger partial charge on any atom is -0.389 e. The van der Waals surface area contributed by atoms with Gasteiger partial charge in [-0.2, -0.15) is 0 Å². The number of benzene rings is 1. The first kappa shape index (κ1) is 14.8. The quantitative estimate of drug-likeness (QED) is 0.852. The molecule has 1 aliphatic rings. The molecule has 0 aromatic heterocycles. The molecule has 2 amide bonds. The average Bonchev–Trinajstić information content (AvgIpc) is 2.46. The van der Waals surface area contributed by atoms with Gasteiger partial charge in [0.15, 0.2) is 0 Å². The highest BCUT2D eigenvalue weighted by molar-refractivity contribution is 7.80. The van der Waals surface area contributed by atoms with Gasteiger partial charge < -0.3 is 10.6 Å². The second-order valence-corrected chi connectivity index (χ2v) is 5.87. The first-order chi connectivity index (χ1) is 9.49. The van der Waals surface area contributed by atoms with Crippen molar-refractivity contribution in [3.8, 4) is 0 Å². The molecule has 2 N–H and O–H groups in total. The maximum absolute atomic E-state index is 12.5. The van der Waals surface area contributed by atoms with Crippen molar-refractivity contribution >= 4 is 28.9 Å². The second-order valence-electron chi connectivity index (χ2n) is 5.43. The van der Waals surface area contributed by atoms with Gasteiger partial charge in [0.05, 0.1) is 0 Å². The lowest BCUT2D eigenvalue weighted by molar-refractivity contribution is 0.181. The van der Waals surface area contributed by atoms with Crippen LogP contribution in [0.2, 0.25) is 0 Å². The van der Waals surface area contributed by atoms with Crippen LogP contribution in [0.1, 0.15) is 25.3 Å². The number of carbonyl (C=O) groups is 1. The number of urea groups is 1. The molecule has 0 atom stereocenters. The topological polar surface area (TPSA) is 49.6 Å². The molecular weight excluding hydrogens is 270 g/mol. The second kappa shape index (κ2) is 6.22. The highest BCUT2D eigenvalue weighted by atomic mass is 32.1. The number of rotatable bonds is 2. The summed E-state index contributed by atoms with van der Waals surface area (Å²) in [5.41, 5.74) is 7.23. The SMILES string of the molecule is CC1CCN(C(=O)N(C)c2cccc(C(N)=S)c2)CC1. The Morgan fingerprint density at radius 1 is 1.40 bits per heavy atom. The van der Waals surface area contributed by atoms with Crippen LogP contribution < -0.4 is 10.6 Å². The van der Waals surface area contributed by atoms with Gasteiger partial charge in [-0.15, -0.1) is 0 Å². The van der Waals surface area contributed by atoms with E-state index >= 15 is 0 Å². The number of amides is 2. The molecule has 0 spiro atoms. The molecule has 2 rings (SSSR count). The number of thiocarbonyl (C=S) groups is 1. The summed E-state index contributed by atoms with van der Waals surface area (Å²) in [6, 6.07) is 7.51. The van der Waals surface area contributed by atoms with E-state index in [2.05, 4.69) is 6.92 Å². The van der Waals surface area contributed by atoms with E-state index in [1.807, 2.05) is 29.2 Å². The Balaban J connectivity index is 2.10. The van der Waals surface area contributed by atoms with Gasteiger partial charge in [-0.3, -0.25) is 4.90 Å². The highest BCUT2D eigenvalue weighted by Crippen LogP contribution is 2.20. The van der Waals surface area contributed by atoms with Gasteiger partial charge in [-0.1, -0.05) is 31.3 Å². The van der Waals surface area contributed by atoms with E-state index in [0.29, 0.717) is 10.9 Å². The molecule has 0 bridgehead atoms. The Labute approximate surface area is 125 Å². The Kier molecular flexibility index (Phi) is 4.60. The van der Waals surface area contributed by atoms with Gasteiger partial charge in [0.1, 0.15) is 4.99 Å². The van der Waals surface area contributed by atoms with E-state index in [-0.39, 0.29) is 6.03 Å². The molecule has 0 saturated carbocycles. The third kappa shape index (κ3) is 3.28. The van der Waals surface area contributed by atoms with Gasteiger partial charge in [-0.05, 0) is 30.9 Å². The molecule has 1 aromatic carbocycles. The third-order valence-electron chi connectivity index (χ3n) is 3.86. The summed E-state index contributed by atoms with van der Waals surface area (Å²) in [6.45, 7) is 3.90. The first-order valence-electron chi connectivity index (χ1n) is 6.91. The van der Waals surface area contributed by atoms with Crippen molar-refractivity contribution < 1.29 is 4.79 Å². The van der Waals surface area contributed by atoms with Gasteiger partial charge in [0.25, 0.3) is 0 Å². The zero-order valence-corrected chi connectivity index (χ0v) is 12.8. The first-order valence-corrected chi connectivity index (χ1v) is 7.32. The predicted molar refractivity (Wildman–Crippen MR) is 86.1 cm³/mol. The third-order valence-corrected chi connectivity index (χ3v) is 4.09. The average molecular weight is 291 g/mol. The van der Waals surface area contributed by atoms with E-state index in [0.717, 1.165) is 37.2 Å². The summed E-state index contributed by atoms with van der Waals surface area (Å²) in [4.78, 5) is 16.4. The zero-order valence-electron chi connectivity index (χ0n) is 12.0. The van der Waals surface area contributed by atoms with Crippen LogP contribution in [0, 0.1) is 5.92 Å². The maximum Gasteiger partial charge on any atom is 0.324 e. The van der Waals surface area contributed by atoms with Crippen molar-refractivity contribution in [2.45, 2.75) is 19.8 Å². The number of carbonyl (C=O) groups excluding carboxylic acids is 1. The van der Waals surface area contributed by atoms with Crippen molar-refractivity contribution in [2.75, 3.05) is 25.0 Å². The van der Waals surface area contributed by atoms with Crippen LogP contribution in [0.4, 0.5) is 10.5 Å². The molecular formula is C15H21N3OS. The standard InChI is InChI=1S/C15H21N3OS/c1-11-6-8-18(9-7-11)15(19)17(2)13-5-3-4-12(10-13)14(16)20/h3-5,10-11H,6-9H2,1-2H3,(H2,16,20). The van der Waals surface area contributed by atoms with Gasteiger partial charge in [-0.25, -0.2) is 4.79 Å². The van der Waals surface area contributed by atoms with Gasteiger partial charge >= 0.3 is 6.03 Å². The molecule has 1 heterocycles. The van der Waals surface area contributed by atoms with Crippen LogP contribution in [0.25, 0.3) is 0 Å². The monoisotopic (exact) mass is 291 g/mol. The van der Waals surface area contributed by atoms with Crippen LogP contribution >= 0.6 is 12.2 Å². The lowest BCUT2D eigenvalue weighted by atomic mass is 9.99. The fourth-order valence-corrected chi connectivity index (χ4v) is 2.52. The number of likely N-dealkylation sites (tertiary alicyclic amines) is 1. The van der Waals surface area contributed by atoms with Crippen LogP contribution in [-0.4, -0.2) is 36.1 Å². The normalized spacial score (nSPS) is 16.0. The minimum atomic E-state index is 0.0389. The molecule has 0 aliphatic carbocycles. The summed E-state index contributed by atoms with van der Waals surface area (Å²) in [5, 5.41) is 0. The Morgan fingerprint density at radius 3 is 2.65 bits per heavy atom. The molecule has 0 unspecified atom stereocenters. The minimum absolute atomic E-state index is 0.0389. The molecule has 20 heavy (non-hydrogen) atoms. The van der Waals surface area contributed by atoms with E-state index in [9.17, 15) is 4.79 Å². The van der Waals surface area contributed by atoms with Crippen molar-refractivity contribution in [3.63, 3.8) is 0 Å². The summed E-state index contributed by atoms with van der Waals surface area (Å²) < 4.78 is 0. The van der Waals surface area contributed by atoms with Crippen molar-refractivity contribution in [2.24, 2.45) is 11.7 Å². The number of piperidine rings is 1. The summed E-state index contributed by atoms with van der Waals surface area (Å²) >= 11 is 4.98. The Hall–Kier alpha value is -1.62. The number of hydrogen-bond acceptors (Lipinski definition) is 2. The van der Waals surface area contributed by atoms with Gasteiger partial charge in [0, 0.05) is 31.4 Å². The van der Waals surface area contributed by atoms with Gasteiger partial charge in [0.2, 0.25) is 0 Å². The number of hydrogen-bond donors (Lipinski definition) is 1. The van der Waals surface area contributed by atoms with Crippen LogP contribution in [0.15, 0.2) is 24.3 Å². The summed E-state index contributed by atoms with van der Waals surface area (Å²) in [7, 11) is 1.79. The molecule has 5 heteroatoms. The lowest BCUT2D eigenvalue weighted by Crippen LogP contribution is -2.45. The van der Waals surface area contributed by atoms with E-state index in [1.165, 1.54) is 0 Å². The largest absolute Gasteiger partial charge is 0.389 e. The van der Waals surface area contributed by atoms with Crippen LogP contribution in [0.3, 0.4) is 0 Å². The van der Waals surface area contributed by atoms with Crippen LogP contribution in [0.5, 0.6) is 0 Å². The maximum atomic E-state index is 12.5. The van der Waals surface area contributed by atoms with Crippen molar-refractivity contribution in [3.05, 3.63) is 29.8 Å². The molecule has 4 nitrogen and oxygen atoms in total. The summed E-state index contributed by atoms with van der Waals surface area (Å²) in [5.74, 6) is 0.710. The molecule has 1 fully saturated rings. The Morgan fingerprint density at radius 2 is 2.05 bits per heavy atom. The van der Waals surface area contributed by atoms with E-state index in [1.54, 1.807) is 11.9 Å². The fourth-order valence-electron chi connectivity index (χ4n) is 2.39. The van der Waals surface area contributed by atoms with Crippen LogP contribution in [-0.2, 0) is 0 Å². The van der Waals surface area contributed by atoms with Crippen molar-refractivity contribution in [1.82, 2.24) is 4.90 Å². The zero-order chi connectivity index (χ0) is 14.7. The molecule has 1 saturated heterocycles. The highest BCUT2D eigenvalue weighted by Gasteiger charge is 2.23. The number of nitrogens with two attached hydrogens (primary N) is 1. The van der Waals surface area contributed by atoms with E-state index in [4.69, 9.17) is 18.0 Å². The predicted octanol–water partition coefficient (Wildman–Crippen LogP) is 2.61. The fraction of sp³-hybridized carbons (Fsp3) is 0.467. The molecule has 0 radical (unpaired) electrons. The molecule has 108 valence electrons. The smallest absolute Gasteiger partial charge is 0.324 e. The molecule has 1 aromatic rings. The summed E-state index contributed by atoms with van der Waals surface area (Å²) in [6.07, 6.45) is 2.15. The van der Waals surface area contributed by atoms with Crippen molar-refractivity contribution in [1.29, 1.82) is 0 Å². The number of anilines is 1. The number of nitrogens with zero attached hydrogens (tertiary/aromatic N) is 2. The Bertz CT molecular complexity index is 510. The lowest BCUT2D eigenvalue weighted by Gasteiger charge is -2.33.